The molecule has 39 heavy (non-hydrogen) atoms. The topological polar surface area (TPSA) is 69.4 Å². The molecule has 1 aliphatic rings. The molecule has 0 saturated carbocycles. The molecule has 3 aromatic carbocycles. The number of carbonyl (C=O) groups is 1. The van der Waals surface area contributed by atoms with Crippen molar-refractivity contribution in [1.29, 1.82) is 0 Å². The van der Waals surface area contributed by atoms with Gasteiger partial charge in [-0.2, -0.15) is 5.10 Å². The SMILES string of the molecule is CCOC(=O)[C@@H](c1ccccc1)N1CCC(c2ccc(-n3cnn([C@@H](C)c4ccccc4F)c3=O)cc2)CC1. The molecule has 8 heteroatoms. The monoisotopic (exact) mass is 528 g/mol. The van der Waals surface area contributed by atoms with E-state index in [1.54, 1.807) is 25.1 Å². The summed E-state index contributed by atoms with van der Waals surface area (Å²) in [5.41, 5.74) is 2.96. The van der Waals surface area contributed by atoms with E-state index in [2.05, 4.69) is 22.1 Å². The first kappa shape index (κ1) is 26.6. The molecular weight excluding hydrogens is 495 g/mol. The van der Waals surface area contributed by atoms with E-state index in [0.717, 1.165) is 31.5 Å². The third kappa shape index (κ3) is 5.56. The van der Waals surface area contributed by atoms with Crippen molar-refractivity contribution in [2.45, 2.75) is 44.7 Å². The van der Waals surface area contributed by atoms with Crippen molar-refractivity contribution < 1.29 is 13.9 Å². The van der Waals surface area contributed by atoms with E-state index in [0.29, 0.717) is 23.8 Å². The van der Waals surface area contributed by atoms with Crippen molar-refractivity contribution in [2.24, 2.45) is 0 Å². The summed E-state index contributed by atoms with van der Waals surface area (Å²) >= 11 is 0. The molecule has 0 bridgehead atoms. The predicted octanol–water partition coefficient (Wildman–Crippen LogP) is 5.27. The van der Waals surface area contributed by atoms with Crippen LogP contribution in [-0.2, 0) is 9.53 Å². The highest BCUT2D eigenvalue weighted by Gasteiger charge is 2.32. The molecule has 0 N–H and O–H groups in total. The average Bonchev–Trinajstić information content (AvgIpc) is 3.35. The number of halogens is 1. The fourth-order valence-electron chi connectivity index (χ4n) is 5.46. The summed E-state index contributed by atoms with van der Waals surface area (Å²) in [6.07, 6.45) is 3.31. The van der Waals surface area contributed by atoms with Crippen LogP contribution in [0, 0.1) is 5.82 Å². The van der Waals surface area contributed by atoms with Crippen molar-refractivity contribution in [3.05, 3.63) is 118 Å². The highest BCUT2D eigenvalue weighted by molar-refractivity contribution is 5.77. The van der Waals surface area contributed by atoms with Gasteiger partial charge in [0.25, 0.3) is 0 Å². The second-order valence-electron chi connectivity index (χ2n) is 9.89. The average molecular weight is 529 g/mol. The number of esters is 1. The Morgan fingerprint density at radius 1 is 1.00 bits per heavy atom. The highest BCUT2D eigenvalue weighted by atomic mass is 19.1. The van der Waals surface area contributed by atoms with Gasteiger partial charge in [0, 0.05) is 5.56 Å². The molecule has 202 valence electrons. The van der Waals surface area contributed by atoms with Gasteiger partial charge in [0.1, 0.15) is 18.2 Å². The van der Waals surface area contributed by atoms with Crippen LogP contribution in [0.3, 0.4) is 0 Å². The molecule has 0 amide bonds. The van der Waals surface area contributed by atoms with Crippen molar-refractivity contribution in [3.8, 4) is 5.69 Å². The van der Waals surface area contributed by atoms with E-state index in [1.807, 2.05) is 49.4 Å². The molecule has 0 radical (unpaired) electrons. The van der Waals surface area contributed by atoms with Crippen LogP contribution in [0.25, 0.3) is 5.69 Å². The standard InChI is InChI=1S/C31H33FN4O3/c1-3-39-30(37)29(25-9-5-4-6-10-25)34-19-17-24(18-20-34)23-13-15-26(16-14-23)35-21-33-36(31(35)38)22(2)27-11-7-8-12-28(27)32/h4-16,21-22,24,29H,3,17-20H2,1-2H3/t22-,29+/m0/s1. The minimum absolute atomic E-state index is 0.207. The van der Waals surface area contributed by atoms with E-state index in [4.69, 9.17) is 4.74 Å². The minimum Gasteiger partial charge on any atom is -0.465 e. The summed E-state index contributed by atoms with van der Waals surface area (Å²) in [4.78, 5) is 28.1. The van der Waals surface area contributed by atoms with Gasteiger partial charge in [0.2, 0.25) is 0 Å². The Balaban J connectivity index is 1.27. The van der Waals surface area contributed by atoms with Crippen LogP contribution in [0.15, 0.2) is 90.0 Å². The van der Waals surface area contributed by atoms with Crippen LogP contribution in [-0.4, -0.2) is 44.9 Å². The van der Waals surface area contributed by atoms with Gasteiger partial charge in [-0.25, -0.2) is 23.2 Å². The van der Waals surface area contributed by atoms with Gasteiger partial charge in [0.05, 0.1) is 18.3 Å². The third-order valence-corrected chi connectivity index (χ3v) is 7.58. The zero-order valence-corrected chi connectivity index (χ0v) is 22.2. The molecule has 1 aromatic heterocycles. The van der Waals surface area contributed by atoms with Gasteiger partial charge in [-0.05, 0) is 75.0 Å². The Kier molecular flexibility index (Phi) is 8.02. The number of carbonyl (C=O) groups excluding carboxylic acids is 1. The largest absolute Gasteiger partial charge is 0.465 e. The molecule has 1 aliphatic heterocycles. The first-order valence-electron chi connectivity index (χ1n) is 13.4. The lowest BCUT2D eigenvalue weighted by atomic mass is 9.88. The maximum absolute atomic E-state index is 14.3. The van der Waals surface area contributed by atoms with E-state index >= 15 is 0 Å². The Labute approximate surface area is 227 Å². The first-order chi connectivity index (χ1) is 19.0. The number of benzene rings is 3. The Morgan fingerprint density at radius 2 is 1.67 bits per heavy atom. The van der Waals surface area contributed by atoms with Crippen molar-refractivity contribution in [1.82, 2.24) is 19.2 Å². The van der Waals surface area contributed by atoms with Crippen molar-refractivity contribution >= 4 is 5.97 Å². The molecule has 7 nitrogen and oxygen atoms in total. The highest BCUT2D eigenvalue weighted by Crippen LogP contribution is 2.33. The normalized spacial score (nSPS) is 16.1. The summed E-state index contributed by atoms with van der Waals surface area (Å²) in [6.45, 7) is 5.51. The quantitative estimate of drug-likeness (QED) is 0.292. The van der Waals surface area contributed by atoms with Crippen LogP contribution < -0.4 is 5.69 Å². The smallest absolute Gasteiger partial charge is 0.350 e. The number of rotatable bonds is 8. The van der Waals surface area contributed by atoms with Crippen molar-refractivity contribution in [3.63, 3.8) is 0 Å². The lowest BCUT2D eigenvalue weighted by molar-refractivity contribution is -0.150. The van der Waals surface area contributed by atoms with E-state index in [1.165, 1.54) is 27.2 Å². The Morgan fingerprint density at radius 3 is 2.33 bits per heavy atom. The van der Waals surface area contributed by atoms with Gasteiger partial charge >= 0.3 is 11.7 Å². The molecule has 0 aliphatic carbocycles. The van der Waals surface area contributed by atoms with Crippen molar-refractivity contribution in [2.75, 3.05) is 19.7 Å². The summed E-state index contributed by atoms with van der Waals surface area (Å²) in [7, 11) is 0. The summed E-state index contributed by atoms with van der Waals surface area (Å²) in [5.74, 6) is -0.213. The van der Waals surface area contributed by atoms with Crippen LogP contribution in [0.1, 0.15) is 61.4 Å². The summed E-state index contributed by atoms with van der Waals surface area (Å²) in [5, 5.41) is 4.26. The van der Waals surface area contributed by atoms with Crippen LogP contribution in [0.2, 0.25) is 0 Å². The maximum atomic E-state index is 14.3. The molecule has 0 spiro atoms. The second-order valence-corrected chi connectivity index (χ2v) is 9.89. The van der Waals surface area contributed by atoms with Gasteiger partial charge in [-0.3, -0.25) is 4.90 Å². The lowest BCUT2D eigenvalue weighted by Gasteiger charge is -2.36. The Bertz CT molecular complexity index is 1460. The molecule has 2 heterocycles. The number of hydrogen-bond donors (Lipinski definition) is 0. The van der Waals surface area contributed by atoms with Crippen LogP contribution in [0.4, 0.5) is 4.39 Å². The van der Waals surface area contributed by atoms with Gasteiger partial charge in [-0.15, -0.1) is 0 Å². The third-order valence-electron chi connectivity index (χ3n) is 7.58. The number of nitrogens with zero attached hydrogens (tertiary/aromatic N) is 4. The molecule has 4 aromatic rings. The van der Waals surface area contributed by atoms with Gasteiger partial charge in [-0.1, -0.05) is 60.7 Å². The lowest BCUT2D eigenvalue weighted by Crippen LogP contribution is -2.40. The maximum Gasteiger partial charge on any atom is 0.350 e. The number of piperidine rings is 1. The fourth-order valence-corrected chi connectivity index (χ4v) is 5.46. The zero-order chi connectivity index (χ0) is 27.4. The summed E-state index contributed by atoms with van der Waals surface area (Å²) < 4.78 is 22.4. The minimum atomic E-state index is -0.529. The Hall–Kier alpha value is -4.04. The van der Waals surface area contributed by atoms with E-state index in [-0.39, 0.29) is 17.5 Å². The number of ether oxygens (including phenoxy) is 1. The molecule has 1 saturated heterocycles. The van der Waals surface area contributed by atoms with Gasteiger partial charge in [0.15, 0.2) is 0 Å². The molecular formula is C31H33FN4O3. The first-order valence-corrected chi connectivity index (χ1v) is 13.4. The molecule has 2 atom stereocenters. The second kappa shape index (κ2) is 11.8. The summed E-state index contributed by atoms with van der Waals surface area (Å²) in [6, 6.07) is 23.3. The number of aromatic nitrogens is 3. The molecule has 0 unspecified atom stereocenters. The number of hydrogen-bond acceptors (Lipinski definition) is 5. The number of likely N-dealkylation sites (tertiary alicyclic amines) is 1. The van der Waals surface area contributed by atoms with Gasteiger partial charge < -0.3 is 4.74 Å². The van der Waals surface area contributed by atoms with E-state index < -0.39 is 12.1 Å². The fraction of sp³-hybridized carbons (Fsp3) is 0.323. The molecule has 5 rings (SSSR count). The molecule has 1 fully saturated rings. The van der Waals surface area contributed by atoms with Crippen LogP contribution >= 0.6 is 0 Å². The van der Waals surface area contributed by atoms with E-state index in [9.17, 15) is 14.0 Å². The zero-order valence-electron chi connectivity index (χ0n) is 22.2. The van der Waals surface area contributed by atoms with Crippen LogP contribution in [0.5, 0.6) is 0 Å². The predicted molar refractivity (Wildman–Crippen MR) is 147 cm³/mol.